The Balaban J connectivity index is 0.00000280. The fraction of sp³-hybridized carbons (Fsp3) is 0.550. The average molecular weight is 410 g/mol. The van der Waals surface area contributed by atoms with Gasteiger partial charge < -0.3 is 10.2 Å². The molecular weight excluding hydrogens is 381 g/mol. The minimum atomic E-state index is -0.339. The Morgan fingerprint density at radius 3 is 2.64 bits per heavy atom. The number of nitrogens with zero attached hydrogens (tertiary/aromatic N) is 4. The number of nitrogens with one attached hydrogen (secondary N) is 1. The molecule has 0 bridgehead atoms. The largest absolute Gasteiger partial charge is 0.336 e. The van der Waals surface area contributed by atoms with E-state index in [0.717, 1.165) is 38.9 Å². The molecule has 1 aliphatic heterocycles. The third-order valence-corrected chi connectivity index (χ3v) is 5.10. The summed E-state index contributed by atoms with van der Waals surface area (Å²) in [5, 5.41) is 7.61. The van der Waals surface area contributed by atoms with Crippen molar-refractivity contribution in [2.75, 3.05) is 26.7 Å². The van der Waals surface area contributed by atoms with Crippen LogP contribution in [0.1, 0.15) is 55.5 Å². The van der Waals surface area contributed by atoms with Crippen LogP contribution in [0.25, 0.3) is 5.69 Å². The first kappa shape index (κ1) is 22.3. The van der Waals surface area contributed by atoms with E-state index in [1.54, 1.807) is 16.8 Å². The van der Waals surface area contributed by atoms with Crippen LogP contribution in [-0.2, 0) is 0 Å². The summed E-state index contributed by atoms with van der Waals surface area (Å²) in [6, 6.07) is 6.20. The predicted molar refractivity (Wildman–Crippen MR) is 110 cm³/mol. The summed E-state index contributed by atoms with van der Waals surface area (Å²) in [5.41, 5.74) is 0.580. The van der Waals surface area contributed by atoms with Crippen molar-refractivity contribution in [3.05, 3.63) is 41.7 Å². The van der Waals surface area contributed by atoms with E-state index < -0.39 is 0 Å². The standard InChI is InChI=1S/C20H28FN5O.ClH/c1-14(2)19-23-18(24-26(19)17-6-4-5-16(21)13-17)20(27)25-11-8-15(9-12-25)7-10-22-3;/h4-6,13-15,22H,7-12H2,1-3H3;1H. The van der Waals surface area contributed by atoms with Crippen LogP contribution in [0.15, 0.2) is 24.3 Å². The summed E-state index contributed by atoms with van der Waals surface area (Å²) < 4.78 is 15.2. The first-order valence-corrected chi connectivity index (χ1v) is 9.66. The van der Waals surface area contributed by atoms with Gasteiger partial charge in [0.1, 0.15) is 11.6 Å². The second kappa shape index (κ2) is 9.98. The molecule has 6 nitrogen and oxygen atoms in total. The lowest BCUT2D eigenvalue weighted by Gasteiger charge is -2.31. The van der Waals surface area contributed by atoms with Crippen LogP contribution in [0.2, 0.25) is 0 Å². The molecule has 1 fully saturated rings. The lowest BCUT2D eigenvalue weighted by atomic mass is 9.93. The summed E-state index contributed by atoms with van der Waals surface area (Å²) in [4.78, 5) is 19.2. The maximum Gasteiger partial charge on any atom is 0.293 e. The maximum absolute atomic E-state index is 13.6. The number of piperidine rings is 1. The molecule has 154 valence electrons. The maximum atomic E-state index is 13.6. The average Bonchev–Trinajstić information content (AvgIpc) is 3.12. The molecule has 28 heavy (non-hydrogen) atoms. The SMILES string of the molecule is CNCCC1CCN(C(=O)c2nc(C(C)C)n(-c3cccc(F)c3)n2)CC1.Cl. The molecule has 1 aromatic heterocycles. The van der Waals surface area contributed by atoms with Crippen molar-refractivity contribution in [3.63, 3.8) is 0 Å². The van der Waals surface area contributed by atoms with Gasteiger partial charge in [-0.25, -0.2) is 14.1 Å². The third kappa shape index (κ3) is 5.08. The van der Waals surface area contributed by atoms with Gasteiger partial charge in [-0.3, -0.25) is 4.79 Å². The Kier molecular flexibility index (Phi) is 7.95. The van der Waals surface area contributed by atoms with Gasteiger partial charge in [-0.2, -0.15) is 0 Å². The van der Waals surface area contributed by atoms with Crippen molar-refractivity contribution >= 4 is 18.3 Å². The summed E-state index contributed by atoms with van der Waals surface area (Å²) in [7, 11) is 1.96. The molecule has 8 heteroatoms. The van der Waals surface area contributed by atoms with Gasteiger partial charge in [0, 0.05) is 19.0 Å². The highest BCUT2D eigenvalue weighted by atomic mass is 35.5. The smallest absolute Gasteiger partial charge is 0.293 e. The Labute approximate surface area is 171 Å². The number of hydrogen-bond acceptors (Lipinski definition) is 4. The van der Waals surface area contributed by atoms with E-state index >= 15 is 0 Å². The van der Waals surface area contributed by atoms with Gasteiger partial charge in [-0.15, -0.1) is 17.5 Å². The van der Waals surface area contributed by atoms with Crippen molar-refractivity contribution in [1.29, 1.82) is 0 Å². The van der Waals surface area contributed by atoms with E-state index in [9.17, 15) is 9.18 Å². The number of carbonyl (C=O) groups is 1. The monoisotopic (exact) mass is 409 g/mol. The highest BCUT2D eigenvalue weighted by Gasteiger charge is 2.27. The Morgan fingerprint density at radius 1 is 1.32 bits per heavy atom. The molecule has 0 unspecified atom stereocenters. The number of rotatable bonds is 6. The van der Waals surface area contributed by atoms with E-state index in [2.05, 4.69) is 15.4 Å². The summed E-state index contributed by atoms with van der Waals surface area (Å²) >= 11 is 0. The fourth-order valence-electron chi connectivity index (χ4n) is 3.50. The fourth-order valence-corrected chi connectivity index (χ4v) is 3.50. The highest BCUT2D eigenvalue weighted by Crippen LogP contribution is 2.23. The second-order valence-corrected chi connectivity index (χ2v) is 7.47. The predicted octanol–water partition coefficient (Wildman–Crippen LogP) is 3.41. The van der Waals surface area contributed by atoms with E-state index in [1.807, 2.05) is 25.8 Å². The van der Waals surface area contributed by atoms with Crippen LogP contribution in [-0.4, -0.2) is 52.3 Å². The molecule has 0 saturated carbocycles. The minimum absolute atomic E-state index is 0. The number of benzene rings is 1. The zero-order valence-electron chi connectivity index (χ0n) is 16.7. The molecule has 1 saturated heterocycles. The number of aromatic nitrogens is 3. The summed E-state index contributed by atoms with van der Waals surface area (Å²) in [6.45, 7) is 6.45. The molecule has 3 rings (SSSR count). The van der Waals surface area contributed by atoms with Crippen LogP contribution < -0.4 is 5.32 Å². The van der Waals surface area contributed by atoms with Crippen molar-refractivity contribution in [2.24, 2.45) is 5.92 Å². The zero-order chi connectivity index (χ0) is 19.4. The number of carbonyl (C=O) groups excluding carboxylic acids is 1. The van der Waals surface area contributed by atoms with Gasteiger partial charge in [-0.1, -0.05) is 19.9 Å². The van der Waals surface area contributed by atoms with Gasteiger partial charge in [-0.05, 0) is 57.0 Å². The van der Waals surface area contributed by atoms with Gasteiger partial charge in [0.25, 0.3) is 5.91 Å². The van der Waals surface area contributed by atoms with Crippen LogP contribution in [0.4, 0.5) is 4.39 Å². The molecular formula is C20H29ClFN5O. The second-order valence-electron chi connectivity index (χ2n) is 7.47. The molecule has 0 aliphatic carbocycles. The summed E-state index contributed by atoms with van der Waals surface area (Å²) in [5.74, 6) is 1.10. The zero-order valence-corrected chi connectivity index (χ0v) is 17.5. The molecule has 1 aromatic carbocycles. The normalized spacial score (nSPS) is 15.0. The molecule has 0 radical (unpaired) electrons. The quantitative estimate of drug-likeness (QED) is 0.794. The third-order valence-electron chi connectivity index (χ3n) is 5.10. The molecule has 1 amide bonds. The van der Waals surface area contributed by atoms with Crippen LogP contribution in [0, 0.1) is 11.7 Å². The molecule has 1 aliphatic rings. The Bertz CT molecular complexity index is 787. The van der Waals surface area contributed by atoms with E-state index in [-0.39, 0.29) is 35.9 Å². The number of amides is 1. The van der Waals surface area contributed by atoms with Crippen LogP contribution in [0.3, 0.4) is 0 Å². The molecule has 0 atom stereocenters. The number of likely N-dealkylation sites (tertiary alicyclic amines) is 1. The summed E-state index contributed by atoms with van der Waals surface area (Å²) in [6.07, 6.45) is 3.16. The van der Waals surface area contributed by atoms with E-state index in [4.69, 9.17) is 0 Å². The number of halogens is 2. The molecule has 0 spiro atoms. The topological polar surface area (TPSA) is 63.1 Å². The molecule has 2 aromatic rings. The Morgan fingerprint density at radius 2 is 2.04 bits per heavy atom. The van der Waals surface area contributed by atoms with Gasteiger partial charge in [0.2, 0.25) is 5.82 Å². The van der Waals surface area contributed by atoms with Crippen molar-refractivity contribution in [2.45, 2.75) is 39.0 Å². The van der Waals surface area contributed by atoms with Crippen LogP contribution in [0.5, 0.6) is 0 Å². The first-order chi connectivity index (χ1) is 13.0. The lowest BCUT2D eigenvalue weighted by Crippen LogP contribution is -2.39. The highest BCUT2D eigenvalue weighted by molar-refractivity contribution is 5.90. The number of hydrogen-bond donors (Lipinski definition) is 1. The van der Waals surface area contributed by atoms with Gasteiger partial charge >= 0.3 is 0 Å². The van der Waals surface area contributed by atoms with E-state index in [0.29, 0.717) is 17.4 Å². The van der Waals surface area contributed by atoms with Crippen molar-refractivity contribution in [3.8, 4) is 5.69 Å². The van der Waals surface area contributed by atoms with Crippen molar-refractivity contribution < 1.29 is 9.18 Å². The molecule has 2 heterocycles. The van der Waals surface area contributed by atoms with Gasteiger partial charge in [0.05, 0.1) is 5.69 Å². The minimum Gasteiger partial charge on any atom is -0.336 e. The van der Waals surface area contributed by atoms with Crippen LogP contribution >= 0.6 is 12.4 Å². The first-order valence-electron chi connectivity index (χ1n) is 9.66. The van der Waals surface area contributed by atoms with Gasteiger partial charge in [0.15, 0.2) is 0 Å². The van der Waals surface area contributed by atoms with E-state index in [1.165, 1.54) is 12.1 Å². The van der Waals surface area contributed by atoms with Crippen molar-refractivity contribution in [1.82, 2.24) is 25.0 Å². The molecule has 1 N–H and O–H groups in total. The Hall–Kier alpha value is -1.99. The lowest BCUT2D eigenvalue weighted by molar-refractivity contribution is 0.0674.